The van der Waals surface area contributed by atoms with E-state index in [4.69, 9.17) is 4.74 Å². The van der Waals surface area contributed by atoms with Crippen LogP contribution in [0.1, 0.15) is 18.5 Å². The maximum Gasteiger partial charge on any atom is 0.294 e. The Labute approximate surface area is 169 Å². The molecular formula is C19H19F2N5O2S. The number of aromatic nitrogens is 4. The highest BCUT2D eigenvalue weighted by Crippen LogP contribution is 2.38. The molecule has 4 heterocycles. The van der Waals surface area contributed by atoms with Crippen LogP contribution in [0.15, 0.2) is 30.5 Å². The van der Waals surface area contributed by atoms with Crippen LogP contribution in [0.5, 0.6) is 10.9 Å². The van der Waals surface area contributed by atoms with Crippen LogP contribution < -0.4 is 10.1 Å². The topological polar surface area (TPSA) is 85.1 Å². The fourth-order valence-electron chi connectivity index (χ4n) is 3.97. The van der Waals surface area contributed by atoms with E-state index < -0.39 is 24.5 Å². The van der Waals surface area contributed by atoms with Gasteiger partial charge in [-0.05, 0) is 31.5 Å². The van der Waals surface area contributed by atoms with Crippen LogP contribution in [0.4, 0.5) is 8.78 Å². The van der Waals surface area contributed by atoms with Gasteiger partial charge < -0.3 is 15.2 Å². The number of benzene rings is 1. The predicted octanol–water partition coefficient (Wildman–Crippen LogP) is 2.96. The minimum atomic E-state index is -1.44. The summed E-state index contributed by atoms with van der Waals surface area (Å²) in [6.45, 7) is 1.89. The van der Waals surface area contributed by atoms with Gasteiger partial charge in [0, 0.05) is 24.7 Å². The lowest BCUT2D eigenvalue weighted by Gasteiger charge is -2.31. The summed E-state index contributed by atoms with van der Waals surface area (Å²) in [5.74, 6) is 0.0295. The molecular weight excluding hydrogens is 400 g/mol. The first kappa shape index (κ1) is 18.4. The molecule has 2 fully saturated rings. The summed E-state index contributed by atoms with van der Waals surface area (Å²) >= 11 is 1.12. The molecule has 5 rings (SSSR count). The first-order valence-electron chi connectivity index (χ1n) is 9.38. The summed E-state index contributed by atoms with van der Waals surface area (Å²) in [4.78, 5) is 0. The van der Waals surface area contributed by atoms with Crippen LogP contribution in [0.3, 0.4) is 0 Å². The minimum absolute atomic E-state index is 0.0295. The van der Waals surface area contributed by atoms with Gasteiger partial charge in [0.15, 0.2) is 11.2 Å². The Bertz CT molecular complexity index is 1040. The number of alkyl halides is 2. The van der Waals surface area contributed by atoms with Gasteiger partial charge >= 0.3 is 0 Å². The van der Waals surface area contributed by atoms with E-state index in [9.17, 15) is 13.9 Å². The molecule has 0 radical (unpaired) electrons. The van der Waals surface area contributed by atoms with Crippen LogP contribution in [0, 0.1) is 6.92 Å². The maximum absolute atomic E-state index is 14.6. The molecule has 2 bridgehead atoms. The zero-order valence-electron chi connectivity index (χ0n) is 15.5. The van der Waals surface area contributed by atoms with Crippen molar-refractivity contribution in [1.29, 1.82) is 0 Å². The third kappa shape index (κ3) is 3.36. The van der Waals surface area contributed by atoms with Gasteiger partial charge in [0.1, 0.15) is 18.0 Å². The largest absolute Gasteiger partial charge is 0.507 e. The monoisotopic (exact) mass is 419 g/mol. The third-order valence-corrected chi connectivity index (χ3v) is 6.25. The molecule has 7 nitrogen and oxygen atoms in total. The molecule has 2 aromatic heterocycles. The highest BCUT2D eigenvalue weighted by Gasteiger charge is 2.49. The zero-order valence-corrected chi connectivity index (χ0v) is 16.3. The highest BCUT2D eigenvalue weighted by molar-refractivity contribution is 7.16. The number of phenolic OH excluding ortho intramolecular Hbond substituents is 1. The molecule has 2 aliphatic heterocycles. The second-order valence-electron chi connectivity index (χ2n) is 7.45. The minimum Gasteiger partial charge on any atom is -0.507 e. The van der Waals surface area contributed by atoms with E-state index >= 15 is 0 Å². The molecule has 3 aromatic rings. The van der Waals surface area contributed by atoms with Crippen LogP contribution >= 0.6 is 11.3 Å². The Morgan fingerprint density at radius 3 is 2.86 bits per heavy atom. The molecule has 2 saturated heterocycles. The lowest BCUT2D eigenvalue weighted by atomic mass is 10.0. The molecule has 10 heteroatoms. The standard InChI is InChI=1S/C19H19F2N5O2S/c1-9-4-5-26(25-9)11-2-3-12(14(27)8-11)18-23-24-19(29-18)28-15-7-10-6-13(20)17(22-10)16(15)21/h2-5,8,10,13,15-17,22,27H,6-7H2,1H3. The van der Waals surface area contributed by atoms with Crippen LogP contribution in [-0.4, -0.2) is 55.6 Å². The van der Waals surface area contributed by atoms with Crippen molar-refractivity contribution in [2.75, 3.05) is 0 Å². The molecule has 2 aliphatic rings. The summed E-state index contributed by atoms with van der Waals surface area (Å²) < 4.78 is 35.8. The summed E-state index contributed by atoms with van der Waals surface area (Å²) in [5.41, 5.74) is 2.08. The highest BCUT2D eigenvalue weighted by atomic mass is 32.1. The van der Waals surface area contributed by atoms with Crippen molar-refractivity contribution in [3.8, 4) is 27.2 Å². The first-order valence-corrected chi connectivity index (χ1v) is 10.2. The Balaban J connectivity index is 1.34. The predicted molar refractivity (Wildman–Crippen MR) is 103 cm³/mol. The van der Waals surface area contributed by atoms with Gasteiger partial charge in [-0.25, -0.2) is 13.5 Å². The number of aromatic hydroxyl groups is 1. The quantitative estimate of drug-likeness (QED) is 0.676. The SMILES string of the molecule is Cc1ccn(-c2ccc(-c3nnc(OC4CC5CC(F)C(N5)C4F)s3)c(O)c2)n1. The lowest BCUT2D eigenvalue weighted by Crippen LogP contribution is -2.53. The first-order chi connectivity index (χ1) is 14.0. The Morgan fingerprint density at radius 1 is 1.24 bits per heavy atom. The van der Waals surface area contributed by atoms with Crippen LogP contribution in [-0.2, 0) is 0 Å². The molecule has 0 amide bonds. The molecule has 0 saturated carbocycles. The van der Waals surface area contributed by atoms with E-state index in [1.165, 1.54) is 0 Å². The fourth-order valence-corrected chi connectivity index (χ4v) is 4.75. The molecule has 1 aromatic carbocycles. The van der Waals surface area contributed by atoms with E-state index in [1.807, 2.05) is 25.3 Å². The van der Waals surface area contributed by atoms with E-state index in [0.29, 0.717) is 29.1 Å². The number of hydrogen-bond donors (Lipinski definition) is 2. The summed E-state index contributed by atoms with van der Waals surface area (Å²) in [7, 11) is 0. The van der Waals surface area contributed by atoms with Gasteiger partial charge in [0.2, 0.25) is 0 Å². The second-order valence-corrected chi connectivity index (χ2v) is 8.39. The summed E-state index contributed by atoms with van der Waals surface area (Å²) in [6, 6.07) is 6.09. The number of halogens is 2. The molecule has 29 heavy (non-hydrogen) atoms. The zero-order chi connectivity index (χ0) is 20.1. The molecule has 0 spiro atoms. The third-order valence-electron chi connectivity index (χ3n) is 5.40. The van der Waals surface area contributed by atoms with Gasteiger partial charge in [-0.2, -0.15) is 5.10 Å². The van der Waals surface area contributed by atoms with Crippen LogP contribution in [0.25, 0.3) is 16.3 Å². The van der Waals surface area contributed by atoms with Crippen molar-refractivity contribution in [3.63, 3.8) is 0 Å². The fraction of sp³-hybridized carbons (Fsp3) is 0.421. The lowest BCUT2D eigenvalue weighted by molar-refractivity contribution is 0.0351. The number of fused-ring (bicyclic) bond motifs is 2. The van der Waals surface area contributed by atoms with E-state index in [-0.39, 0.29) is 17.0 Å². The molecule has 2 N–H and O–H groups in total. The number of hydrogen-bond acceptors (Lipinski definition) is 7. The van der Waals surface area contributed by atoms with Crippen molar-refractivity contribution in [2.24, 2.45) is 0 Å². The van der Waals surface area contributed by atoms with Gasteiger partial charge in [0.05, 0.1) is 23.0 Å². The van der Waals surface area contributed by atoms with Crippen molar-refractivity contribution < 1.29 is 18.6 Å². The smallest absolute Gasteiger partial charge is 0.294 e. The van der Waals surface area contributed by atoms with Gasteiger partial charge in [0.25, 0.3) is 5.19 Å². The molecule has 5 atom stereocenters. The number of phenols is 1. The average molecular weight is 419 g/mol. The van der Waals surface area contributed by atoms with Gasteiger partial charge in [-0.1, -0.05) is 16.4 Å². The summed E-state index contributed by atoms with van der Waals surface area (Å²) in [5, 5.41) is 26.4. The number of nitrogens with one attached hydrogen (secondary N) is 1. The van der Waals surface area contributed by atoms with Gasteiger partial charge in [-0.15, -0.1) is 5.10 Å². The van der Waals surface area contributed by atoms with E-state index in [1.54, 1.807) is 16.8 Å². The van der Waals surface area contributed by atoms with Crippen molar-refractivity contribution in [2.45, 2.75) is 50.3 Å². The maximum atomic E-state index is 14.6. The van der Waals surface area contributed by atoms with E-state index in [2.05, 4.69) is 20.6 Å². The number of ether oxygens (including phenoxy) is 1. The van der Waals surface area contributed by atoms with Gasteiger partial charge in [-0.3, -0.25) is 0 Å². The number of nitrogens with zero attached hydrogens (tertiary/aromatic N) is 4. The molecule has 152 valence electrons. The van der Waals surface area contributed by atoms with Crippen molar-refractivity contribution in [3.05, 3.63) is 36.2 Å². The Kier molecular flexibility index (Phi) is 4.47. The van der Waals surface area contributed by atoms with Crippen molar-refractivity contribution >= 4 is 11.3 Å². The van der Waals surface area contributed by atoms with Crippen LogP contribution in [0.2, 0.25) is 0 Å². The number of piperidine rings is 1. The second kappa shape index (κ2) is 7.03. The molecule has 5 unspecified atom stereocenters. The number of aryl methyl sites for hydroxylation is 1. The number of rotatable bonds is 4. The van der Waals surface area contributed by atoms with Crippen molar-refractivity contribution in [1.82, 2.24) is 25.3 Å². The van der Waals surface area contributed by atoms with E-state index in [0.717, 1.165) is 17.0 Å². The average Bonchev–Trinajstić information content (AvgIpc) is 3.39. The Morgan fingerprint density at radius 2 is 2.10 bits per heavy atom. The Hall–Kier alpha value is -2.59. The molecule has 0 aliphatic carbocycles. The summed E-state index contributed by atoms with van der Waals surface area (Å²) in [6.07, 6.45) is -0.892. The normalized spacial score (nSPS) is 28.6.